The maximum atomic E-state index is 5.18. The van der Waals surface area contributed by atoms with Crippen LogP contribution >= 0.6 is 0 Å². The molecule has 0 saturated carbocycles. The zero-order chi connectivity index (χ0) is 9.10. The molecule has 1 aromatic carbocycles. The Kier molecular flexibility index (Phi) is 2.62. The lowest BCUT2D eigenvalue weighted by molar-refractivity contribution is 0.278. The van der Waals surface area contributed by atoms with E-state index in [2.05, 4.69) is 36.2 Å². The Morgan fingerprint density at radius 2 is 2.08 bits per heavy atom. The van der Waals surface area contributed by atoms with Crippen LogP contribution < -0.4 is 0 Å². The van der Waals surface area contributed by atoms with Gasteiger partial charge in [-0.15, -0.1) is 0 Å². The van der Waals surface area contributed by atoms with Gasteiger partial charge in [0, 0.05) is 13.1 Å². The van der Waals surface area contributed by atoms with E-state index in [9.17, 15) is 0 Å². The van der Waals surface area contributed by atoms with E-state index >= 15 is 0 Å². The SMILES string of the molecule is CN(Cc1ccccc1)CC1CO1. The Bertz CT molecular complexity index is 256. The highest BCUT2D eigenvalue weighted by Gasteiger charge is 2.23. The summed E-state index contributed by atoms with van der Waals surface area (Å²) < 4.78 is 5.18. The molecule has 0 N–H and O–H groups in total. The van der Waals surface area contributed by atoms with Crippen LogP contribution in [-0.4, -0.2) is 31.2 Å². The normalized spacial score (nSPS) is 20.6. The van der Waals surface area contributed by atoms with E-state index in [0.717, 1.165) is 19.7 Å². The molecule has 2 rings (SSSR count). The third-order valence-corrected chi connectivity index (χ3v) is 2.21. The van der Waals surface area contributed by atoms with Crippen molar-refractivity contribution in [3.63, 3.8) is 0 Å². The third kappa shape index (κ3) is 2.83. The van der Waals surface area contributed by atoms with Gasteiger partial charge in [0.2, 0.25) is 0 Å². The molecule has 1 aliphatic rings. The summed E-state index contributed by atoms with van der Waals surface area (Å²) in [5, 5.41) is 0. The van der Waals surface area contributed by atoms with Gasteiger partial charge in [0.1, 0.15) is 0 Å². The van der Waals surface area contributed by atoms with E-state index in [-0.39, 0.29) is 0 Å². The van der Waals surface area contributed by atoms with Crippen LogP contribution in [0.5, 0.6) is 0 Å². The summed E-state index contributed by atoms with van der Waals surface area (Å²) in [7, 11) is 2.13. The van der Waals surface area contributed by atoms with Crippen LogP contribution in [0.1, 0.15) is 5.56 Å². The van der Waals surface area contributed by atoms with Gasteiger partial charge in [0.05, 0.1) is 12.7 Å². The Balaban J connectivity index is 1.82. The van der Waals surface area contributed by atoms with E-state index in [0.29, 0.717) is 6.10 Å². The first-order valence-corrected chi connectivity index (χ1v) is 4.68. The second kappa shape index (κ2) is 3.90. The molecule has 1 aromatic rings. The quantitative estimate of drug-likeness (QED) is 0.648. The maximum Gasteiger partial charge on any atom is 0.0936 e. The van der Waals surface area contributed by atoms with Gasteiger partial charge in [0.15, 0.2) is 0 Å². The number of hydrogen-bond donors (Lipinski definition) is 0. The molecule has 0 aliphatic carbocycles. The molecule has 0 amide bonds. The van der Waals surface area contributed by atoms with Crippen LogP contribution in [0.15, 0.2) is 30.3 Å². The zero-order valence-electron chi connectivity index (χ0n) is 7.94. The minimum atomic E-state index is 0.494. The summed E-state index contributed by atoms with van der Waals surface area (Å²) in [4.78, 5) is 2.30. The predicted octanol–water partition coefficient (Wildman–Crippen LogP) is 1.52. The van der Waals surface area contributed by atoms with Crippen molar-refractivity contribution in [2.45, 2.75) is 12.6 Å². The molecule has 0 spiro atoms. The fourth-order valence-electron chi connectivity index (χ4n) is 1.48. The van der Waals surface area contributed by atoms with Crippen molar-refractivity contribution in [2.75, 3.05) is 20.2 Å². The predicted molar refractivity (Wildman–Crippen MR) is 52.5 cm³/mol. The minimum Gasteiger partial charge on any atom is -0.372 e. The standard InChI is InChI=1S/C11H15NO/c1-12(8-11-9-13-11)7-10-5-3-2-4-6-10/h2-6,11H,7-9H2,1H3. The summed E-state index contributed by atoms with van der Waals surface area (Å²) in [6, 6.07) is 10.5. The molecule has 2 nitrogen and oxygen atoms in total. The van der Waals surface area contributed by atoms with Gasteiger partial charge in [0.25, 0.3) is 0 Å². The molecule has 1 aliphatic heterocycles. The van der Waals surface area contributed by atoms with Gasteiger partial charge in [-0.05, 0) is 12.6 Å². The number of hydrogen-bond acceptors (Lipinski definition) is 2. The average Bonchev–Trinajstić information content (AvgIpc) is 2.90. The van der Waals surface area contributed by atoms with Crippen molar-refractivity contribution in [3.8, 4) is 0 Å². The summed E-state index contributed by atoms with van der Waals surface area (Å²) >= 11 is 0. The third-order valence-electron chi connectivity index (χ3n) is 2.21. The van der Waals surface area contributed by atoms with Gasteiger partial charge >= 0.3 is 0 Å². The van der Waals surface area contributed by atoms with E-state index in [1.807, 2.05) is 6.07 Å². The van der Waals surface area contributed by atoms with Crippen molar-refractivity contribution < 1.29 is 4.74 Å². The molecule has 0 radical (unpaired) electrons. The highest BCUT2D eigenvalue weighted by atomic mass is 16.6. The topological polar surface area (TPSA) is 15.8 Å². The zero-order valence-corrected chi connectivity index (χ0v) is 7.94. The lowest BCUT2D eigenvalue weighted by atomic mass is 10.2. The lowest BCUT2D eigenvalue weighted by Gasteiger charge is -2.14. The number of ether oxygens (including phenoxy) is 1. The van der Waals surface area contributed by atoms with Crippen LogP contribution in [0.2, 0.25) is 0 Å². The molecule has 1 heterocycles. The molecule has 1 fully saturated rings. The summed E-state index contributed by atoms with van der Waals surface area (Å²) in [6.45, 7) is 3.01. The smallest absolute Gasteiger partial charge is 0.0936 e. The molecule has 0 aromatic heterocycles. The number of nitrogens with zero attached hydrogens (tertiary/aromatic N) is 1. The van der Waals surface area contributed by atoms with Crippen molar-refractivity contribution in [1.82, 2.24) is 4.90 Å². The summed E-state index contributed by atoms with van der Waals surface area (Å²) in [6.07, 6.45) is 0.494. The van der Waals surface area contributed by atoms with Gasteiger partial charge in [-0.25, -0.2) is 0 Å². The molecule has 70 valence electrons. The second-order valence-electron chi connectivity index (χ2n) is 3.64. The Morgan fingerprint density at radius 1 is 1.38 bits per heavy atom. The van der Waals surface area contributed by atoms with E-state index in [4.69, 9.17) is 4.74 Å². The largest absolute Gasteiger partial charge is 0.372 e. The van der Waals surface area contributed by atoms with Gasteiger partial charge < -0.3 is 4.74 Å². The van der Waals surface area contributed by atoms with Crippen molar-refractivity contribution in [2.24, 2.45) is 0 Å². The first-order valence-electron chi connectivity index (χ1n) is 4.68. The highest BCUT2D eigenvalue weighted by molar-refractivity contribution is 5.14. The first kappa shape index (κ1) is 8.73. The number of rotatable bonds is 4. The highest BCUT2D eigenvalue weighted by Crippen LogP contribution is 2.11. The maximum absolute atomic E-state index is 5.18. The van der Waals surface area contributed by atoms with Crippen LogP contribution in [-0.2, 0) is 11.3 Å². The Morgan fingerprint density at radius 3 is 2.69 bits per heavy atom. The van der Waals surface area contributed by atoms with Crippen molar-refractivity contribution in [1.29, 1.82) is 0 Å². The molecule has 0 bridgehead atoms. The minimum absolute atomic E-state index is 0.494. The fraction of sp³-hybridized carbons (Fsp3) is 0.455. The van der Waals surface area contributed by atoms with Crippen LogP contribution in [0.4, 0.5) is 0 Å². The number of epoxide rings is 1. The second-order valence-corrected chi connectivity index (χ2v) is 3.64. The Hall–Kier alpha value is -0.860. The molecule has 1 saturated heterocycles. The molecule has 1 atom stereocenters. The number of benzene rings is 1. The summed E-state index contributed by atoms with van der Waals surface area (Å²) in [5.41, 5.74) is 1.37. The fourth-order valence-corrected chi connectivity index (χ4v) is 1.48. The Labute approximate surface area is 79.1 Å². The monoisotopic (exact) mass is 177 g/mol. The first-order chi connectivity index (χ1) is 6.34. The summed E-state index contributed by atoms with van der Waals surface area (Å²) in [5.74, 6) is 0. The van der Waals surface area contributed by atoms with Crippen LogP contribution in [0, 0.1) is 0 Å². The molecular formula is C11H15NO. The van der Waals surface area contributed by atoms with E-state index in [1.54, 1.807) is 0 Å². The van der Waals surface area contributed by atoms with Gasteiger partial charge in [-0.3, -0.25) is 4.90 Å². The molecule has 2 heteroatoms. The lowest BCUT2D eigenvalue weighted by Crippen LogP contribution is -2.22. The van der Waals surface area contributed by atoms with Crippen LogP contribution in [0.25, 0.3) is 0 Å². The molecule has 13 heavy (non-hydrogen) atoms. The van der Waals surface area contributed by atoms with Gasteiger partial charge in [-0.1, -0.05) is 30.3 Å². The van der Waals surface area contributed by atoms with Gasteiger partial charge in [-0.2, -0.15) is 0 Å². The van der Waals surface area contributed by atoms with E-state index in [1.165, 1.54) is 5.56 Å². The van der Waals surface area contributed by atoms with Crippen LogP contribution in [0.3, 0.4) is 0 Å². The number of likely N-dealkylation sites (N-methyl/N-ethyl adjacent to an activating group) is 1. The molecule has 1 unspecified atom stereocenters. The van der Waals surface area contributed by atoms with Crippen molar-refractivity contribution in [3.05, 3.63) is 35.9 Å². The average molecular weight is 177 g/mol. The van der Waals surface area contributed by atoms with E-state index < -0.39 is 0 Å². The molecular weight excluding hydrogens is 162 g/mol. The van der Waals surface area contributed by atoms with Crippen molar-refractivity contribution >= 4 is 0 Å².